The van der Waals surface area contributed by atoms with Crippen molar-refractivity contribution in [2.75, 3.05) is 6.61 Å². The molecule has 0 saturated heterocycles. The van der Waals surface area contributed by atoms with Crippen LogP contribution < -0.4 is 0 Å². The zero-order chi connectivity index (χ0) is 11.8. The van der Waals surface area contributed by atoms with Crippen LogP contribution in [0.15, 0.2) is 0 Å². The summed E-state index contributed by atoms with van der Waals surface area (Å²) in [6, 6.07) is 0. The van der Waals surface area contributed by atoms with Crippen molar-refractivity contribution in [3.63, 3.8) is 0 Å². The van der Waals surface area contributed by atoms with Gasteiger partial charge in [-0.2, -0.15) is 0 Å². The smallest absolute Gasteiger partial charge is 0.122 e. The van der Waals surface area contributed by atoms with Crippen molar-refractivity contribution in [2.24, 2.45) is 5.92 Å². The molecule has 0 bridgehead atoms. The number of ether oxygens (including phenoxy) is 1. The molecule has 1 aromatic heterocycles. The molecule has 1 aromatic rings. The third kappa shape index (κ3) is 2.26. The van der Waals surface area contributed by atoms with E-state index in [1.807, 2.05) is 6.92 Å². The van der Waals surface area contributed by atoms with Crippen molar-refractivity contribution in [3.8, 4) is 0 Å². The van der Waals surface area contributed by atoms with Gasteiger partial charge in [0, 0.05) is 6.61 Å². The highest BCUT2D eigenvalue weighted by molar-refractivity contribution is 7.11. The molecule has 4 heteroatoms. The first kappa shape index (κ1) is 11.6. The third-order valence-corrected chi connectivity index (χ3v) is 4.84. The Balaban J connectivity index is 1.86. The predicted molar refractivity (Wildman–Crippen MR) is 67.1 cm³/mol. The summed E-state index contributed by atoms with van der Waals surface area (Å²) in [5.74, 6) is 0.666. The number of rotatable bonds is 4. The van der Waals surface area contributed by atoms with Crippen LogP contribution in [0.4, 0.5) is 0 Å². The molecule has 2 aliphatic rings. The molecule has 0 aromatic carbocycles. The van der Waals surface area contributed by atoms with E-state index in [1.54, 1.807) is 11.3 Å². The predicted octanol–water partition coefficient (Wildman–Crippen LogP) is 3.00. The van der Waals surface area contributed by atoms with Gasteiger partial charge in [0.2, 0.25) is 0 Å². The van der Waals surface area contributed by atoms with Gasteiger partial charge in [0.05, 0.1) is 16.7 Å². The van der Waals surface area contributed by atoms with Crippen molar-refractivity contribution in [1.82, 2.24) is 4.98 Å². The highest BCUT2D eigenvalue weighted by Crippen LogP contribution is 2.46. The summed E-state index contributed by atoms with van der Waals surface area (Å²) < 4.78 is 5.83. The van der Waals surface area contributed by atoms with Crippen LogP contribution in [0.1, 0.15) is 60.4 Å². The van der Waals surface area contributed by atoms with Gasteiger partial charge in [-0.1, -0.05) is 0 Å². The number of aromatic nitrogens is 1. The Morgan fingerprint density at radius 2 is 2.29 bits per heavy atom. The van der Waals surface area contributed by atoms with Crippen LogP contribution in [0.3, 0.4) is 0 Å². The maximum absolute atomic E-state index is 9.97. The van der Waals surface area contributed by atoms with Gasteiger partial charge in [-0.15, -0.1) is 11.3 Å². The Labute approximate surface area is 106 Å². The minimum atomic E-state index is -0.286. The number of fused-ring (bicyclic) bond motifs is 1. The Morgan fingerprint density at radius 3 is 2.94 bits per heavy atom. The summed E-state index contributed by atoms with van der Waals surface area (Å²) in [5, 5.41) is 11.1. The second-order valence-corrected chi connectivity index (χ2v) is 6.05. The number of aliphatic hydroxyl groups excluding tert-OH is 1. The fourth-order valence-electron chi connectivity index (χ4n) is 2.53. The van der Waals surface area contributed by atoms with Gasteiger partial charge in [-0.25, -0.2) is 4.98 Å². The van der Waals surface area contributed by atoms with E-state index in [4.69, 9.17) is 9.72 Å². The van der Waals surface area contributed by atoms with E-state index in [2.05, 4.69) is 0 Å². The van der Waals surface area contributed by atoms with E-state index in [0.717, 1.165) is 41.4 Å². The molecule has 1 saturated carbocycles. The van der Waals surface area contributed by atoms with E-state index >= 15 is 0 Å². The maximum Gasteiger partial charge on any atom is 0.122 e. The van der Waals surface area contributed by atoms with Crippen LogP contribution in [-0.2, 0) is 11.2 Å². The lowest BCUT2D eigenvalue weighted by atomic mass is 10.0. The van der Waals surface area contributed by atoms with Crippen LogP contribution >= 0.6 is 11.3 Å². The van der Waals surface area contributed by atoms with Crippen LogP contribution in [0.5, 0.6) is 0 Å². The molecular weight excluding hydrogens is 234 g/mol. The Hall–Kier alpha value is -0.450. The molecule has 2 unspecified atom stereocenters. The van der Waals surface area contributed by atoms with E-state index in [-0.39, 0.29) is 12.2 Å². The number of aryl methyl sites for hydroxylation is 1. The second-order valence-electron chi connectivity index (χ2n) is 4.98. The summed E-state index contributed by atoms with van der Waals surface area (Å²) in [6.45, 7) is 2.78. The van der Waals surface area contributed by atoms with E-state index in [1.165, 1.54) is 12.8 Å². The van der Waals surface area contributed by atoms with Gasteiger partial charge < -0.3 is 9.84 Å². The lowest BCUT2D eigenvalue weighted by molar-refractivity contribution is 0.0461. The molecule has 3 nitrogen and oxygen atoms in total. The molecule has 0 amide bonds. The summed E-state index contributed by atoms with van der Waals surface area (Å²) >= 11 is 1.67. The molecule has 17 heavy (non-hydrogen) atoms. The normalized spacial score (nSPS) is 25.6. The molecule has 1 fully saturated rings. The van der Waals surface area contributed by atoms with Crippen LogP contribution in [0.2, 0.25) is 0 Å². The molecule has 2 aliphatic carbocycles. The van der Waals surface area contributed by atoms with Crippen molar-refractivity contribution in [3.05, 3.63) is 15.6 Å². The van der Waals surface area contributed by atoms with Crippen LogP contribution in [-0.4, -0.2) is 16.7 Å². The van der Waals surface area contributed by atoms with E-state index in [9.17, 15) is 5.11 Å². The highest BCUT2D eigenvalue weighted by atomic mass is 32.1. The molecule has 94 valence electrons. The largest absolute Gasteiger partial charge is 0.388 e. The van der Waals surface area contributed by atoms with Crippen LogP contribution in [0, 0.1) is 5.92 Å². The third-order valence-electron chi connectivity index (χ3n) is 3.58. The van der Waals surface area contributed by atoms with Gasteiger partial charge >= 0.3 is 0 Å². The molecule has 1 N–H and O–H groups in total. The van der Waals surface area contributed by atoms with Crippen molar-refractivity contribution in [1.29, 1.82) is 0 Å². The Kier molecular flexibility index (Phi) is 3.19. The van der Waals surface area contributed by atoms with Gasteiger partial charge in [0.25, 0.3) is 0 Å². The van der Waals surface area contributed by atoms with Crippen molar-refractivity contribution >= 4 is 11.3 Å². The average molecular weight is 253 g/mol. The van der Waals surface area contributed by atoms with Crippen LogP contribution in [0.25, 0.3) is 0 Å². The van der Waals surface area contributed by atoms with E-state index < -0.39 is 0 Å². The van der Waals surface area contributed by atoms with Gasteiger partial charge in [0.1, 0.15) is 11.1 Å². The zero-order valence-corrected chi connectivity index (χ0v) is 11.0. The molecular formula is C13H19NO2S. The highest BCUT2D eigenvalue weighted by Gasteiger charge is 2.36. The minimum Gasteiger partial charge on any atom is -0.388 e. The number of nitrogens with zero attached hydrogens (tertiary/aromatic N) is 1. The SMILES string of the molecule is CCOC(c1nc2c(s1)C(O)CCC2)C1CC1. The maximum atomic E-state index is 9.97. The van der Waals surface area contributed by atoms with Gasteiger partial charge in [-0.05, 0) is 44.9 Å². The molecule has 1 heterocycles. The monoisotopic (exact) mass is 253 g/mol. The fourth-order valence-corrected chi connectivity index (χ4v) is 3.80. The topological polar surface area (TPSA) is 42.4 Å². The first-order valence-electron chi connectivity index (χ1n) is 6.58. The average Bonchev–Trinajstić information content (AvgIpc) is 3.05. The molecule has 2 atom stereocenters. The van der Waals surface area contributed by atoms with Gasteiger partial charge in [0.15, 0.2) is 0 Å². The molecule has 3 rings (SSSR count). The Morgan fingerprint density at radius 1 is 1.47 bits per heavy atom. The summed E-state index contributed by atoms with van der Waals surface area (Å²) in [6.07, 6.45) is 5.38. The van der Waals surface area contributed by atoms with Crippen molar-refractivity contribution in [2.45, 2.75) is 51.2 Å². The lowest BCUT2D eigenvalue weighted by Crippen LogP contribution is -2.07. The van der Waals surface area contributed by atoms with Crippen molar-refractivity contribution < 1.29 is 9.84 Å². The lowest BCUT2D eigenvalue weighted by Gasteiger charge is -2.14. The fraction of sp³-hybridized carbons (Fsp3) is 0.769. The first-order chi connectivity index (χ1) is 8.29. The summed E-state index contributed by atoms with van der Waals surface area (Å²) in [5.41, 5.74) is 1.12. The molecule has 0 radical (unpaired) electrons. The zero-order valence-electron chi connectivity index (χ0n) is 10.2. The number of hydrogen-bond acceptors (Lipinski definition) is 4. The van der Waals surface area contributed by atoms with Gasteiger partial charge in [-0.3, -0.25) is 0 Å². The standard InChI is InChI=1S/C13H19NO2S/c1-2-16-11(8-6-7-8)13-14-9-4-3-5-10(15)12(9)17-13/h8,10-11,15H,2-7H2,1H3. The minimum absolute atomic E-state index is 0.183. The molecule has 0 spiro atoms. The number of aliphatic hydroxyl groups is 1. The number of hydrogen-bond donors (Lipinski definition) is 1. The van der Waals surface area contributed by atoms with E-state index in [0.29, 0.717) is 5.92 Å². The first-order valence-corrected chi connectivity index (χ1v) is 7.40. The summed E-state index contributed by atoms with van der Waals surface area (Å²) in [4.78, 5) is 5.81. The quantitative estimate of drug-likeness (QED) is 0.897. The summed E-state index contributed by atoms with van der Waals surface area (Å²) in [7, 11) is 0. The second kappa shape index (κ2) is 4.67. The molecule has 0 aliphatic heterocycles. The Bertz CT molecular complexity index is 400. The number of thiazole rings is 1.